The van der Waals surface area contributed by atoms with Crippen molar-refractivity contribution in [3.63, 3.8) is 0 Å². The third-order valence-electron chi connectivity index (χ3n) is 4.82. The van der Waals surface area contributed by atoms with E-state index < -0.39 is 0 Å². The normalized spacial score (nSPS) is 12.4. The number of thiazole rings is 1. The van der Waals surface area contributed by atoms with Crippen molar-refractivity contribution in [2.75, 3.05) is 0 Å². The van der Waals surface area contributed by atoms with Gasteiger partial charge in [-0.1, -0.05) is 43.7 Å². The fraction of sp³-hybridized carbons (Fsp3) is 0.316. The molecule has 0 saturated heterocycles. The number of para-hydroxylation sites is 1. The molecule has 0 bridgehead atoms. The molecule has 0 saturated carbocycles. The summed E-state index contributed by atoms with van der Waals surface area (Å²) in [5.74, 6) is 0.238. The first-order chi connectivity index (χ1) is 12.5. The second kappa shape index (κ2) is 7.75. The van der Waals surface area contributed by atoms with E-state index in [1.807, 2.05) is 31.2 Å². The molecule has 134 valence electrons. The standard InChI is InChI=1S/C19H20N4O2S.Na/c1-4-11(2)10-22-12(3)17-14(9-16(22)24)21-23(18(17)25)19-20-13-7-5-6-8-15(13)26-19;/h5-9,11,24H,4,10H2,1-3H3;/q;+1/p-1. The Morgan fingerprint density at radius 3 is 2.74 bits per heavy atom. The Kier molecular flexibility index (Phi) is 5.76. The minimum absolute atomic E-state index is 0. The molecule has 27 heavy (non-hydrogen) atoms. The van der Waals surface area contributed by atoms with Gasteiger partial charge in [-0.05, 0) is 36.9 Å². The van der Waals surface area contributed by atoms with Crippen LogP contribution < -0.4 is 40.2 Å². The summed E-state index contributed by atoms with van der Waals surface area (Å²) in [7, 11) is 0. The van der Waals surface area contributed by atoms with Crippen LogP contribution in [0, 0.1) is 12.8 Å². The Hall–Kier alpha value is -1.67. The molecule has 0 fully saturated rings. The van der Waals surface area contributed by atoms with E-state index >= 15 is 0 Å². The van der Waals surface area contributed by atoms with Crippen LogP contribution in [0.5, 0.6) is 5.88 Å². The maximum atomic E-state index is 13.0. The van der Waals surface area contributed by atoms with E-state index in [0.29, 0.717) is 34.5 Å². The minimum atomic E-state index is -0.227. The predicted octanol–water partition coefficient (Wildman–Crippen LogP) is 0.181. The molecule has 0 N–H and O–H groups in total. The van der Waals surface area contributed by atoms with Crippen LogP contribution in [0.3, 0.4) is 0 Å². The Balaban J connectivity index is 0.00000210. The van der Waals surface area contributed by atoms with Gasteiger partial charge in [-0.15, -0.1) is 0 Å². The van der Waals surface area contributed by atoms with E-state index in [-0.39, 0.29) is 41.0 Å². The maximum absolute atomic E-state index is 13.0. The fourth-order valence-electron chi connectivity index (χ4n) is 3.10. The molecule has 0 spiro atoms. The molecular formula is C19H19N4NaO2S. The van der Waals surface area contributed by atoms with Gasteiger partial charge in [-0.25, -0.2) is 4.98 Å². The molecule has 3 heterocycles. The minimum Gasteiger partial charge on any atom is -0.860 e. The van der Waals surface area contributed by atoms with Crippen molar-refractivity contribution >= 4 is 21.6 Å². The van der Waals surface area contributed by atoms with E-state index in [0.717, 1.165) is 16.6 Å². The average Bonchev–Trinajstić information content (AvgIpc) is 3.19. The number of aromatic nitrogens is 4. The number of rotatable bonds is 4. The Morgan fingerprint density at radius 2 is 2.04 bits per heavy atom. The van der Waals surface area contributed by atoms with Crippen LogP contribution in [0.2, 0.25) is 0 Å². The van der Waals surface area contributed by atoms with E-state index in [2.05, 4.69) is 23.9 Å². The van der Waals surface area contributed by atoms with Crippen molar-refractivity contribution in [1.82, 2.24) is 19.3 Å². The summed E-state index contributed by atoms with van der Waals surface area (Å²) in [4.78, 5) is 17.5. The van der Waals surface area contributed by atoms with Crippen LogP contribution in [0.1, 0.15) is 26.0 Å². The molecule has 2 aliphatic heterocycles. The summed E-state index contributed by atoms with van der Waals surface area (Å²) in [5, 5.41) is 17.4. The first kappa shape index (κ1) is 20.1. The molecule has 6 nitrogen and oxygen atoms in total. The largest absolute Gasteiger partial charge is 1.00 e. The third kappa shape index (κ3) is 3.45. The zero-order valence-corrected chi connectivity index (χ0v) is 18.7. The molecule has 2 aromatic rings. The van der Waals surface area contributed by atoms with Gasteiger partial charge < -0.3 is 9.67 Å². The monoisotopic (exact) mass is 390 g/mol. The van der Waals surface area contributed by atoms with E-state index in [1.165, 1.54) is 22.1 Å². The van der Waals surface area contributed by atoms with Gasteiger partial charge in [0.05, 0.1) is 21.5 Å². The Bertz CT molecular complexity index is 1100. The van der Waals surface area contributed by atoms with Crippen molar-refractivity contribution < 1.29 is 34.7 Å². The van der Waals surface area contributed by atoms with Gasteiger partial charge in [0.2, 0.25) is 5.13 Å². The molecular weight excluding hydrogens is 371 g/mol. The molecule has 1 unspecified atom stereocenters. The van der Waals surface area contributed by atoms with Crippen LogP contribution in [0.4, 0.5) is 0 Å². The van der Waals surface area contributed by atoms with Gasteiger partial charge in [-0.3, -0.25) is 4.79 Å². The van der Waals surface area contributed by atoms with Gasteiger partial charge >= 0.3 is 29.6 Å². The predicted molar refractivity (Wildman–Crippen MR) is 101 cm³/mol. The maximum Gasteiger partial charge on any atom is 1.00 e. The second-order valence-corrected chi connectivity index (χ2v) is 7.64. The molecule has 4 rings (SSSR count). The molecule has 8 heteroatoms. The van der Waals surface area contributed by atoms with Crippen molar-refractivity contribution in [2.45, 2.75) is 33.7 Å². The molecule has 0 aliphatic carbocycles. The molecule has 2 aliphatic rings. The summed E-state index contributed by atoms with van der Waals surface area (Å²) in [6, 6.07) is 9.17. The van der Waals surface area contributed by atoms with Gasteiger partial charge in [0.25, 0.3) is 5.56 Å². The topological polar surface area (TPSA) is 75.8 Å². The SMILES string of the molecule is CCC(C)Cn1c([O-])cc2nn(-c3nc4ccccc4s3)c(=O)c-2c1C.[Na+]. The zero-order chi connectivity index (χ0) is 18.4. The van der Waals surface area contributed by atoms with Crippen LogP contribution in [0.15, 0.2) is 35.1 Å². The van der Waals surface area contributed by atoms with Crippen LogP contribution in [-0.4, -0.2) is 19.3 Å². The number of hydrogen-bond donors (Lipinski definition) is 0. The average molecular weight is 390 g/mol. The molecule has 1 aromatic carbocycles. The number of pyridine rings is 1. The smallest absolute Gasteiger partial charge is 0.860 e. The zero-order valence-electron chi connectivity index (χ0n) is 15.9. The van der Waals surface area contributed by atoms with Gasteiger partial charge in [0.15, 0.2) is 0 Å². The number of benzene rings is 1. The van der Waals surface area contributed by atoms with Gasteiger partial charge in [0, 0.05) is 12.2 Å². The van der Waals surface area contributed by atoms with Crippen molar-refractivity contribution in [3.8, 4) is 22.3 Å². The Morgan fingerprint density at radius 1 is 1.30 bits per heavy atom. The van der Waals surface area contributed by atoms with Crippen LogP contribution in [-0.2, 0) is 6.54 Å². The first-order valence-electron chi connectivity index (χ1n) is 8.65. The number of fused-ring (bicyclic) bond motifs is 2. The molecule has 1 aromatic heterocycles. The van der Waals surface area contributed by atoms with E-state index in [1.54, 1.807) is 4.57 Å². The van der Waals surface area contributed by atoms with E-state index in [9.17, 15) is 9.90 Å². The summed E-state index contributed by atoms with van der Waals surface area (Å²) in [5.41, 5.74) is 2.20. The summed E-state index contributed by atoms with van der Waals surface area (Å²) < 4.78 is 3.99. The van der Waals surface area contributed by atoms with Gasteiger partial charge in [0.1, 0.15) is 0 Å². The quantitative estimate of drug-likeness (QED) is 0.466. The van der Waals surface area contributed by atoms with Crippen molar-refractivity contribution in [1.29, 1.82) is 0 Å². The van der Waals surface area contributed by atoms with E-state index in [4.69, 9.17) is 0 Å². The summed E-state index contributed by atoms with van der Waals surface area (Å²) >= 11 is 1.41. The molecule has 1 atom stereocenters. The van der Waals surface area contributed by atoms with Crippen LogP contribution >= 0.6 is 11.3 Å². The summed E-state index contributed by atoms with van der Waals surface area (Å²) in [6.45, 7) is 6.60. The second-order valence-electron chi connectivity index (χ2n) is 6.63. The fourth-order valence-corrected chi connectivity index (χ4v) is 4.02. The van der Waals surface area contributed by atoms with Gasteiger partial charge in [-0.2, -0.15) is 9.78 Å². The summed E-state index contributed by atoms with van der Waals surface area (Å²) in [6.07, 6.45) is 0.971. The van der Waals surface area contributed by atoms with Crippen molar-refractivity contribution in [3.05, 3.63) is 46.4 Å². The number of nitrogens with zero attached hydrogens (tertiary/aromatic N) is 4. The Labute approximate surface area is 183 Å². The first-order valence-corrected chi connectivity index (χ1v) is 9.47. The molecule has 0 radical (unpaired) electrons. The van der Waals surface area contributed by atoms with Crippen molar-refractivity contribution in [2.24, 2.45) is 5.92 Å². The third-order valence-corrected chi connectivity index (χ3v) is 5.83. The molecule has 0 amide bonds. The number of hydrogen-bond acceptors (Lipinski definition) is 5. The van der Waals surface area contributed by atoms with Crippen LogP contribution in [0.25, 0.3) is 26.6 Å².